The van der Waals surface area contributed by atoms with Crippen molar-refractivity contribution in [3.63, 3.8) is 0 Å². The monoisotopic (exact) mass is 357 g/mol. The summed E-state index contributed by atoms with van der Waals surface area (Å²) in [7, 11) is 3.18. The first-order valence-electron chi connectivity index (χ1n) is 7.46. The Kier molecular flexibility index (Phi) is 4.67. The number of aryl methyl sites for hydroxylation is 1. The number of benzene rings is 1. The maximum absolute atomic E-state index is 11.7. The van der Waals surface area contributed by atoms with E-state index in [4.69, 9.17) is 22.1 Å². The molecular weight excluding hydrogens is 342 g/mol. The number of nitrogen functional groups attached to an aromatic ring is 1. The van der Waals surface area contributed by atoms with E-state index in [1.165, 1.54) is 7.11 Å². The molecule has 2 N–H and O–H groups in total. The Balaban J connectivity index is 1.98. The smallest absolute Gasteiger partial charge is 0.337 e. The van der Waals surface area contributed by atoms with Gasteiger partial charge in [-0.2, -0.15) is 5.10 Å². The lowest BCUT2D eigenvalue weighted by Gasteiger charge is -2.05. The third-order valence-electron chi connectivity index (χ3n) is 3.60. The van der Waals surface area contributed by atoms with Crippen LogP contribution in [0.25, 0.3) is 11.4 Å². The lowest BCUT2D eigenvalue weighted by molar-refractivity contribution is 0.0600. The minimum atomic E-state index is -0.372. The van der Waals surface area contributed by atoms with Crippen LogP contribution in [0.4, 0.5) is 5.95 Å². The van der Waals surface area contributed by atoms with Gasteiger partial charge in [0.1, 0.15) is 10.8 Å². The number of ether oxygens (including phenoxy) is 1. The standard InChI is InChI=1S/C17H16ClN5O2/c1-23-9-12(7-10-4-3-5-11(6-10)16(24)25-2)15(22-23)13-8-14(18)21-17(19)20-13/h3-6,8-9H,7H2,1-2H3,(H2,19,20,21). The summed E-state index contributed by atoms with van der Waals surface area (Å²) in [4.78, 5) is 19.8. The second kappa shape index (κ2) is 6.90. The number of halogens is 1. The van der Waals surface area contributed by atoms with Crippen molar-refractivity contribution < 1.29 is 9.53 Å². The topological polar surface area (TPSA) is 95.9 Å². The van der Waals surface area contributed by atoms with E-state index in [-0.39, 0.29) is 17.1 Å². The molecule has 8 heteroatoms. The second-order valence-electron chi connectivity index (χ2n) is 5.48. The van der Waals surface area contributed by atoms with Crippen LogP contribution in [0, 0.1) is 0 Å². The maximum Gasteiger partial charge on any atom is 0.337 e. The van der Waals surface area contributed by atoms with Crippen LogP contribution in [0.3, 0.4) is 0 Å². The Labute approximate surface area is 149 Å². The quantitative estimate of drug-likeness (QED) is 0.569. The SMILES string of the molecule is COC(=O)c1cccc(Cc2cn(C)nc2-c2cc(Cl)nc(N)n2)c1. The fraction of sp³-hybridized carbons (Fsp3) is 0.176. The van der Waals surface area contributed by atoms with E-state index in [9.17, 15) is 4.79 Å². The molecule has 1 aromatic carbocycles. The van der Waals surface area contributed by atoms with Gasteiger partial charge in [-0.05, 0) is 17.7 Å². The van der Waals surface area contributed by atoms with Crippen molar-refractivity contribution in [3.8, 4) is 11.4 Å². The van der Waals surface area contributed by atoms with Gasteiger partial charge in [0, 0.05) is 31.3 Å². The van der Waals surface area contributed by atoms with Crippen molar-refractivity contribution in [2.75, 3.05) is 12.8 Å². The number of carbonyl (C=O) groups is 1. The van der Waals surface area contributed by atoms with Crippen molar-refractivity contribution in [2.45, 2.75) is 6.42 Å². The Hall–Kier alpha value is -2.93. The van der Waals surface area contributed by atoms with Gasteiger partial charge < -0.3 is 10.5 Å². The number of nitrogens with two attached hydrogens (primary N) is 1. The number of hydrogen-bond donors (Lipinski definition) is 1. The Morgan fingerprint density at radius 1 is 1.32 bits per heavy atom. The Morgan fingerprint density at radius 3 is 2.84 bits per heavy atom. The molecule has 0 radical (unpaired) electrons. The fourth-order valence-electron chi connectivity index (χ4n) is 2.59. The molecule has 0 bridgehead atoms. The van der Waals surface area contributed by atoms with E-state index < -0.39 is 0 Å². The Bertz CT molecular complexity index is 918. The van der Waals surface area contributed by atoms with E-state index in [1.807, 2.05) is 25.4 Å². The highest BCUT2D eigenvalue weighted by Crippen LogP contribution is 2.25. The van der Waals surface area contributed by atoms with Gasteiger partial charge in [0.2, 0.25) is 5.95 Å². The zero-order chi connectivity index (χ0) is 18.0. The average Bonchev–Trinajstić information content (AvgIpc) is 2.94. The van der Waals surface area contributed by atoms with Crippen LogP contribution < -0.4 is 5.73 Å². The summed E-state index contributed by atoms with van der Waals surface area (Å²) in [5, 5.41) is 4.71. The third-order valence-corrected chi connectivity index (χ3v) is 3.80. The molecule has 0 spiro atoms. The molecular formula is C17H16ClN5O2. The van der Waals surface area contributed by atoms with Crippen LogP contribution in [0.15, 0.2) is 36.5 Å². The summed E-state index contributed by atoms with van der Waals surface area (Å²) in [6, 6.07) is 8.88. The molecule has 0 saturated carbocycles. The molecule has 25 heavy (non-hydrogen) atoms. The van der Waals surface area contributed by atoms with E-state index in [2.05, 4.69) is 15.1 Å². The molecule has 2 aromatic heterocycles. The number of hydrogen-bond acceptors (Lipinski definition) is 6. The molecule has 0 fully saturated rings. The maximum atomic E-state index is 11.7. The number of esters is 1. The highest BCUT2D eigenvalue weighted by atomic mass is 35.5. The van der Waals surface area contributed by atoms with Crippen LogP contribution in [-0.2, 0) is 18.2 Å². The van der Waals surface area contributed by atoms with Gasteiger partial charge in [-0.3, -0.25) is 4.68 Å². The van der Waals surface area contributed by atoms with Gasteiger partial charge >= 0.3 is 5.97 Å². The minimum absolute atomic E-state index is 0.0896. The first kappa shape index (κ1) is 16.9. The largest absolute Gasteiger partial charge is 0.465 e. The number of anilines is 1. The first-order chi connectivity index (χ1) is 12.0. The van der Waals surface area contributed by atoms with Gasteiger partial charge in [-0.1, -0.05) is 23.7 Å². The summed E-state index contributed by atoms with van der Waals surface area (Å²) in [6.45, 7) is 0. The molecule has 0 amide bonds. The minimum Gasteiger partial charge on any atom is -0.465 e. The summed E-state index contributed by atoms with van der Waals surface area (Å²) in [5.41, 5.74) is 9.28. The van der Waals surface area contributed by atoms with E-state index >= 15 is 0 Å². The number of nitrogens with zero attached hydrogens (tertiary/aromatic N) is 4. The predicted octanol–water partition coefficient (Wildman–Crippen LogP) is 2.49. The fourth-order valence-corrected chi connectivity index (χ4v) is 2.78. The van der Waals surface area contributed by atoms with Crippen molar-refractivity contribution >= 4 is 23.5 Å². The molecule has 0 aliphatic heterocycles. The lowest BCUT2D eigenvalue weighted by atomic mass is 10.0. The number of carbonyl (C=O) groups excluding carboxylic acids is 1. The molecule has 3 aromatic rings. The van der Waals surface area contributed by atoms with Crippen LogP contribution in [0.5, 0.6) is 0 Å². The van der Waals surface area contributed by atoms with Crippen molar-refractivity contribution in [1.82, 2.24) is 19.7 Å². The van der Waals surface area contributed by atoms with Crippen LogP contribution in [-0.4, -0.2) is 32.8 Å². The molecule has 3 rings (SSSR count). The molecule has 128 valence electrons. The second-order valence-corrected chi connectivity index (χ2v) is 5.87. The highest BCUT2D eigenvalue weighted by Gasteiger charge is 2.15. The van der Waals surface area contributed by atoms with Crippen LogP contribution in [0.2, 0.25) is 5.15 Å². The normalized spacial score (nSPS) is 10.7. The van der Waals surface area contributed by atoms with Crippen molar-refractivity contribution in [3.05, 3.63) is 58.4 Å². The molecule has 0 saturated heterocycles. The molecule has 0 aliphatic rings. The average molecular weight is 358 g/mol. The zero-order valence-electron chi connectivity index (χ0n) is 13.7. The van der Waals surface area contributed by atoms with E-state index in [1.54, 1.807) is 22.9 Å². The zero-order valence-corrected chi connectivity index (χ0v) is 14.5. The summed E-state index contributed by atoms with van der Waals surface area (Å²) in [6.07, 6.45) is 2.46. The summed E-state index contributed by atoms with van der Waals surface area (Å²) < 4.78 is 6.46. The lowest BCUT2D eigenvalue weighted by Crippen LogP contribution is -2.02. The van der Waals surface area contributed by atoms with Gasteiger partial charge in [0.25, 0.3) is 0 Å². The van der Waals surface area contributed by atoms with Crippen molar-refractivity contribution in [2.24, 2.45) is 7.05 Å². The first-order valence-corrected chi connectivity index (χ1v) is 7.84. The number of rotatable bonds is 4. The highest BCUT2D eigenvalue weighted by molar-refractivity contribution is 6.29. The van der Waals surface area contributed by atoms with Gasteiger partial charge in [0.15, 0.2) is 0 Å². The van der Waals surface area contributed by atoms with E-state index in [0.717, 1.165) is 11.1 Å². The summed E-state index contributed by atoms with van der Waals surface area (Å²) >= 11 is 5.97. The molecule has 0 atom stereocenters. The number of methoxy groups -OCH3 is 1. The van der Waals surface area contributed by atoms with Gasteiger partial charge in [-0.25, -0.2) is 14.8 Å². The molecule has 7 nitrogen and oxygen atoms in total. The van der Waals surface area contributed by atoms with Crippen LogP contribution >= 0.6 is 11.6 Å². The third kappa shape index (κ3) is 3.77. The van der Waals surface area contributed by atoms with Crippen LogP contribution in [0.1, 0.15) is 21.5 Å². The van der Waals surface area contributed by atoms with Crippen molar-refractivity contribution in [1.29, 1.82) is 0 Å². The Morgan fingerprint density at radius 2 is 2.12 bits per heavy atom. The van der Waals surface area contributed by atoms with Gasteiger partial charge in [0.05, 0.1) is 18.4 Å². The summed E-state index contributed by atoms with van der Waals surface area (Å²) in [5.74, 6) is -0.282. The molecule has 0 aliphatic carbocycles. The predicted molar refractivity (Wildman–Crippen MR) is 94.2 cm³/mol. The molecule has 0 unspecified atom stereocenters. The van der Waals surface area contributed by atoms with E-state index in [0.29, 0.717) is 23.4 Å². The molecule has 2 heterocycles. The van der Waals surface area contributed by atoms with Gasteiger partial charge in [-0.15, -0.1) is 0 Å². The number of aromatic nitrogens is 4.